The molecule has 0 spiro atoms. The Kier molecular flexibility index (Phi) is 12.6. The second kappa shape index (κ2) is 18.7. The van der Waals surface area contributed by atoms with E-state index in [0.717, 1.165) is 34.9 Å². The van der Waals surface area contributed by atoms with Crippen LogP contribution >= 0.6 is 0 Å². The number of aromatic nitrogens is 2. The van der Waals surface area contributed by atoms with Gasteiger partial charge in [-0.15, -0.1) is 0 Å². The smallest absolute Gasteiger partial charge is 0.0790 e. The summed E-state index contributed by atoms with van der Waals surface area (Å²) < 4.78 is 0. The van der Waals surface area contributed by atoms with Crippen LogP contribution in [0, 0.1) is 0 Å². The van der Waals surface area contributed by atoms with E-state index in [-0.39, 0.29) is 0 Å². The molecule has 2 heterocycles. The zero-order valence-electron chi connectivity index (χ0n) is 32.9. The normalized spacial score (nSPS) is 11.9. The minimum absolute atomic E-state index is 1.13. The molecule has 0 saturated heterocycles. The summed E-state index contributed by atoms with van der Waals surface area (Å²) in [5, 5.41) is 10.4. The second-order valence-electron chi connectivity index (χ2n) is 16.1. The number of fused-ring (bicyclic) bond motifs is 8. The van der Waals surface area contributed by atoms with Gasteiger partial charge in [0.25, 0.3) is 0 Å². The third kappa shape index (κ3) is 8.86. The Labute approximate surface area is 328 Å². The average Bonchev–Trinajstić information content (AvgIpc) is 3.23. The van der Waals surface area contributed by atoms with Crippen LogP contribution in [0.5, 0.6) is 0 Å². The quantitative estimate of drug-likeness (QED) is 0.0445. The van der Waals surface area contributed by atoms with Crippen molar-refractivity contribution in [3.05, 3.63) is 132 Å². The highest BCUT2D eigenvalue weighted by atomic mass is 14.7. The van der Waals surface area contributed by atoms with E-state index in [2.05, 4.69) is 121 Å². The van der Waals surface area contributed by atoms with Gasteiger partial charge in [0.15, 0.2) is 0 Å². The molecule has 2 nitrogen and oxygen atoms in total. The van der Waals surface area contributed by atoms with Gasteiger partial charge >= 0.3 is 0 Å². The van der Waals surface area contributed by atoms with Crippen molar-refractivity contribution in [1.29, 1.82) is 0 Å². The van der Waals surface area contributed by atoms with E-state index in [1.807, 2.05) is 0 Å². The number of rotatable bonds is 20. The molecule has 0 aliphatic rings. The van der Waals surface area contributed by atoms with Crippen molar-refractivity contribution in [2.45, 2.75) is 122 Å². The summed E-state index contributed by atoms with van der Waals surface area (Å²) in [5.41, 5.74) is 7.55. The topological polar surface area (TPSA) is 25.8 Å². The summed E-state index contributed by atoms with van der Waals surface area (Å²) in [7, 11) is 0. The van der Waals surface area contributed by atoms with Gasteiger partial charge in [0.05, 0.1) is 22.1 Å². The van der Waals surface area contributed by atoms with Gasteiger partial charge in [-0.2, -0.15) is 0 Å². The largest absolute Gasteiger partial charge is 0.247 e. The molecule has 0 amide bonds. The van der Waals surface area contributed by atoms with Crippen molar-refractivity contribution in [3.8, 4) is 0 Å². The Morgan fingerprint density at radius 3 is 0.945 bits per heavy atom. The van der Waals surface area contributed by atoms with Crippen LogP contribution in [-0.4, -0.2) is 9.97 Å². The summed E-state index contributed by atoms with van der Waals surface area (Å²) in [6.07, 6.45) is 25.6. The highest BCUT2D eigenvalue weighted by molar-refractivity contribution is 6.11. The molecule has 55 heavy (non-hydrogen) atoms. The van der Waals surface area contributed by atoms with Gasteiger partial charge in [-0.05, 0) is 59.7 Å². The molecule has 6 aromatic carbocycles. The van der Waals surface area contributed by atoms with Crippen molar-refractivity contribution in [2.24, 2.45) is 0 Å². The summed E-state index contributed by atoms with van der Waals surface area (Å²) in [4.78, 5) is 10.2. The van der Waals surface area contributed by atoms with E-state index in [1.54, 1.807) is 0 Å². The van der Waals surface area contributed by atoms with Crippen LogP contribution in [0.3, 0.4) is 0 Å². The number of benzene rings is 6. The van der Waals surface area contributed by atoms with E-state index in [9.17, 15) is 0 Å². The standard InChI is InChI=1S/C53H58N2/c1(2-4-6-8-10-12-14-16-30-44-46-32-22-24-34-50(46)54-52-42-28-20-18-26-40(42)36-38-48(44)52)3-5-7-9-11-13-15-17-31-45-47-33-23-25-35-51(47)55-53-43-29-21-19-27-41(43)37-39-49(45)53/h18-29,32-39H,1-17,30-31H2. The van der Waals surface area contributed by atoms with Crippen LogP contribution in [0.1, 0.15) is 120 Å². The summed E-state index contributed by atoms with van der Waals surface area (Å²) >= 11 is 0. The number of hydrogen-bond acceptors (Lipinski definition) is 2. The van der Waals surface area contributed by atoms with Gasteiger partial charge in [0.1, 0.15) is 0 Å². The van der Waals surface area contributed by atoms with Crippen molar-refractivity contribution >= 4 is 65.2 Å². The number of para-hydroxylation sites is 2. The molecule has 0 aliphatic carbocycles. The van der Waals surface area contributed by atoms with Crippen molar-refractivity contribution in [3.63, 3.8) is 0 Å². The van der Waals surface area contributed by atoms with Crippen molar-refractivity contribution in [2.75, 3.05) is 0 Å². The molecular formula is C53H58N2. The molecular weight excluding hydrogens is 665 g/mol. The minimum Gasteiger partial charge on any atom is -0.247 e. The van der Waals surface area contributed by atoms with Crippen molar-refractivity contribution in [1.82, 2.24) is 9.97 Å². The molecule has 280 valence electrons. The van der Waals surface area contributed by atoms with Crippen LogP contribution in [0.4, 0.5) is 0 Å². The van der Waals surface area contributed by atoms with E-state index in [4.69, 9.17) is 9.97 Å². The lowest BCUT2D eigenvalue weighted by Crippen LogP contribution is -1.94. The van der Waals surface area contributed by atoms with Crippen LogP contribution in [0.15, 0.2) is 121 Å². The highest BCUT2D eigenvalue weighted by Crippen LogP contribution is 2.34. The molecule has 0 saturated carbocycles. The molecule has 2 heteroatoms. The van der Waals surface area contributed by atoms with E-state index in [0.29, 0.717) is 0 Å². The lowest BCUT2D eigenvalue weighted by Gasteiger charge is -2.13. The van der Waals surface area contributed by atoms with Crippen LogP contribution in [0.25, 0.3) is 65.2 Å². The fraction of sp³-hybridized carbons (Fsp3) is 0.358. The third-order valence-corrected chi connectivity index (χ3v) is 12.2. The zero-order chi connectivity index (χ0) is 37.1. The fourth-order valence-corrected chi connectivity index (χ4v) is 9.22. The maximum Gasteiger partial charge on any atom is 0.0790 e. The van der Waals surface area contributed by atoms with Gasteiger partial charge in [-0.25, -0.2) is 9.97 Å². The van der Waals surface area contributed by atoms with Gasteiger partial charge < -0.3 is 0 Å². The molecule has 0 bridgehead atoms. The van der Waals surface area contributed by atoms with E-state index >= 15 is 0 Å². The molecule has 0 radical (unpaired) electrons. The average molecular weight is 723 g/mol. The SMILES string of the molecule is c1ccc2c(c1)ccc1c(CCCCCCCCCCCCCCCCCCCc3c4ccccc4nc4c3ccc3ccccc34)c3ccccc3nc12. The van der Waals surface area contributed by atoms with Gasteiger partial charge in [0, 0.05) is 32.3 Å². The molecule has 0 atom stereocenters. The molecule has 2 aromatic heterocycles. The Bertz CT molecular complexity index is 2320. The second-order valence-corrected chi connectivity index (χ2v) is 16.1. The molecule has 0 unspecified atom stereocenters. The third-order valence-electron chi connectivity index (χ3n) is 12.2. The Morgan fingerprint density at radius 2 is 0.564 bits per heavy atom. The number of pyridine rings is 2. The molecule has 8 rings (SSSR count). The summed E-state index contributed by atoms with van der Waals surface area (Å²) in [6, 6.07) is 44.0. The predicted molar refractivity (Wildman–Crippen MR) is 239 cm³/mol. The maximum absolute atomic E-state index is 5.12. The molecule has 0 N–H and O–H groups in total. The minimum atomic E-state index is 1.13. The Morgan fingerprint density at radius 1 is 0.255 bits per heavy atom. The number of hydrogen-bond donors (Lipinski definition) is 0. The first-order valence-corrected chi connectivity index (χ1v) is 21.7. The fourth-order valence-electron chi connectivity index (χ4n) is 9.22. The van der Waals surface area contributed by atoms with E-state index < -0.39 is 0 Å². The predicted octanol–water partition coefficient (Wildman–Crippen LogP) is 15.8. The van der Waals surface area contributed by atoms with Crippen LogP contribution < -0.4 is 0 Å². The van der Waals surface area contributed by atoms with Gasteiger partial charge in [-0.3, -0.25) is 0 Å². The van der Waals surface area contributed by atoms with Crippen LogP contribution in [0.2, 0.25) is 0 Å². The maximum atomic E-state index is 5.12. The first kappa shape index (κ1) is 37.1. The van der Waals surface area contributed by atoms with Gasteiger partial charge in [0.2, 0.25) is 0 Å². The monoisotopic (exact) mass is 722 g/mol. The first-order chi connectivity index (χ1) is 27.3. The molecule has 0 fully saturated rings. The Balaban J connectivity index is 0.667. The number of unbranched alkanes of at least 4 members (excludes halogenated alkanes) is 16. The first-order valence-electron chi connectivity index (χ1n) is 21.7. The summed E-state index contributed by atoms with van der Waals surface area (Å²) in [5.74, 6) is 0. The molecule has 8 aromatic rings. The van der Waals surface area contributed by atoms with E-state index in [1.165, 1.54) is 163 Å². The number of aryl methyl sites for hydroxylation is 2. The van der Waals surface area contributed by atoms with Crippen molar-refractivity contribution < 1.29 is 0 Å². The lowest BCUT2D eigenvalue weighted by molar-refractivity contribution is 0.526. The van der Waals surface area contributed by atoms with Crippen LogP contribution in [-0.2, 0) is 12.8 Å². The Hall–Kier alpha value is -4.82. The number of nitrogens with zero attached hydrogens (tertiary/aromatic N) is 2. The van der Waals surface area contributed by atoms with Gasteiger partial charge in [-0.1, -0.05) is 206 Å². The zero-order valence-corrected chi connectivity index (χ0v) is 32.9. The summed E-state index contributed by atoms with van der Waals surface area (Å²) in [6.45, 7) is 0. The highest BCUT2D eigenvalue weighted by Gasteiger charge is 2.13. The lowest BCUT2D eigenvalue weighted by atomic mass is 9.95. The molecule has 0 aliphatic heterocycles.